The number of aryl methyl sites for hydroxylation is 1. The minimum absolute atomic E-state index is 0.123. The van der Waals surface area contributed by atoms with Crippen molar-refractivity contribution in [2.24, 2.45) is 0 Å². The second-order valence-electron chi connectivity index (χ2n) is 6.58. The number of para-hydroxylation sites is 2. The van der Waals surface area contributed by atoms with Crippen molar-refractivity contribution in [3.8, 4) is 11.5 Å². The molecule has 0 radical (unpaired) electrons. The lowest BCUT2D eigenvalue weighted by Gasteiger charge is -2.10. The Labute approximate surface area is 174 Å². The third-order valence-corrected chi connectivity index (χ3v) is 4.23. The summed E-state index contributed by atoms with van der Waals surface area (Å²) in [5.74, 6) is -0.951. The first-order valence-corrected chi connectivity index (χ1v) is 9.32. The van der Waals surface area contributed by atoms with Crippen LogP contribution in [-0.2, 0) is 4.79 Å². The van der Waals surface area contributed by atoms with E-state index in [0.29, 0.717) is 11.1 Å². The van der Waals surface area contributed by atoms with E-state index in [-0.39, 0.29) is 22.8 Å². The number of hydrogen-bond acceptors (Lipinski definition) is 5. The molecule has 0 saturated carbocycles. The van der Waals surface area contributed by atoms with Crippen molar-refractivity contribution in [1.29, 1.82) is 0 Å². The van der Waals surface area contributed by atoms with Gasteiger partial charge >= 0.3 is 11.9 Å². The number of carbonyl (C=O) groups excluding carboxylic acids is 3. The molecule has 0 bridgehead atoms. The van der Waals surface area contributed by atoms with Gasteiger partial charge in [0, 0.05) is 18.1 Å². The first-order chi connectivity index (χ1) is 14.4. The Morgan fingerprint density at radius 3 is 2.10 bits per heavy atom. The van der Waals surface area contributed by atoms with Crippen molar-refractivity contribution in [1.82, 2.24) is 0 Å². The predicted octanol–water partition coefficient (Wildman–Crippen LogP) is 5.04. The molecule has 0 aliphatic carbocycles. The van der Waals surface area contributed by atoms with Crippen LogP contribution < -0.4 is 9.47 Å². The molecular formula is C25H20O5. The monoisotopic (exact) mass is 400 g/mol. The van der Waals surface area contributed by atoms with Gasteiger partial charge in [-0.05, 0) is 37.3 Å². The van der Waals surface area contributed by atoms with Crippen molar-refractivity contribution >= 4 is 23.8 Å². The van der Waals surface area contributed by atoms with E-state index in [1.54, 1.807) is 54.6 Å². The normalized spacial score (nSPS) is 10.6. The topological polar surface area (TPSA) is 69.7 Å². The number of carbonyl (C=O) groups is 3. The number of hydrogen-bond donors (Lipinski definition) is 0. The number of ketones is 1. The zero-order chi connectivity index (χ0) is 21.5. The summed E-state index contributed by atoms with van der Waals surface area (Å²) in [5, 5.41) is 0. The first kappa shape index (κ1) is 20.7. The van der Waals surface area contributed by atoms with Gasteiger partial charge in [0.05, 0.1) is 0 Å². The Kier molecular flexibility index (Phi) is 6.55. The van der Waals surface area contributed by atoms with E-state index in [1.807, 2.05) is 19.1 Å². The van der Waals surface area contributed by atoms with Crippen molar-refractivity contribution in [2.75, 3.05) is 0 Å². The average Bonchev–Trinajstić information content (AvgIpc) is 2.73. The molecule has 0 fully saturated rings. The quantitative estimate of drug-likeness (QED) is 0.251. The Balaban J connectivity index is 1.80. The summed E-state index contributed by atoms with van der Waals surface area (Å²) >= 11 is 0. The molecule has 0 aliphatic rings. The lowest BCUT2D eigenvalue weighted by Crippen LogP contribution is -2.13. The van der Waals surface area contributed by atoms with E-state index in [2.05, 4.69) is 0 Å². The lowest BCUT2D eigenvalue weighted by atomic mass is 10.1. The van der Waals surface area contributed by atoms with Crippen LogP contribution in [0.5, 0.6) is 11.5 Å². The Morgan fingerprint density at radius 1 is 0.767 bits per heavy atom. The van der Waals surface area contributed by atoms with Gasteiger partial charge in [0.15, 0.2) is 5.78 Å². The van der Waals surface area contributed by atoms with Gasteiger partial charge in [-0.2, -0.15) is 0 Å². The third-order valence-electron chi connectivity index (χ3n) is 4.23. The SMILES string of the molecule is CC(=O)Oc1ccccc1C(=O)Oc1ccccc1/C=C/C(=O)c1ccc(C)cc1. The van der Waals surface area contributed by atoms with E-state index >= 15 is 0 Å². The maximum absolute atomic E-state index is 12.7. The summed E-state index contributed by atoms with van der Waals surface area (Å²) in [5.41, 5.74) is 2.34. The number of benzene rings is 3. The van der Waals surface area contributed by atoms with Crippen molar-refractivity contribution in [2.45, 2.75) is 13.8 Å². The molecule has 0 heterocycles. The molecule has 5 heteroatoms. The van der Waals surface area contributed by atoms with Gasteiger partial charge in [0.1, 0.15) is 17.1 Å². The van der Waals surface area contributed by atoms with Gasteiger partial charge < -0.3 is 9.47 Å². The van der Waals surface area contributed by atoms with Gasteiger partial charge in [-0.25, -0.2) is 4.79 Å². The second kappa shape index (κ2) is 9.47. The highest BCUT2D eigenvalue weighted by molar-refractivity contribution is 6.07. The highest BCUT2D eigenvalue weighted by Crippen LogP contribution is 2.24. The minimum atomic E-state index is -0.669. The summed E-state index contributed by atoms with van der Waals surface area (Å²) in [6.07, 6.45) is 3.03. The molecule has 0 amide bonds. The molecule has 0 spiro atoms. The fraction of sp³-hybridized carbons (Fsp3) is 0.0800. The molecule has 150 valence electrons. The molecule has 0 unspecified atom stereocenters. The van der Waals surface area contributed by atoms with E-state index < -0.39 is 11.9 Å². The highest BCUT2D eigenvalue weighted by atomic mass is 16.5. The van der Waals surface area contributed by atoms with Crippen molar-refractivity contribution in [3.05, 3.63) is 101 Å². The molecule has 0 atom stereocenters. The third kappa shape index (κ3) is 5.29. The van der Waals surface area contributed by atoms with Crippen LogP contribution >= 0.6 is 0 Å². The summed E-state index contributed by atoms with van der Waals surface area (Å²) < 4.78 is 10.6. The van der Waals surface area contributed by atoms with E-state index in [1.165, 1.54) is 25.1 Å². The molecule has 0 aliphatic heterocycles. The van der Waals surface area contributed by atoms with E-state index in [0.717, 1.165) is 5.56 Å². The summed E-state index contributed by atoms with van der Waals surface area (Å²) in [7, 11) is 0. The second-order valence-corrected chi connectivity index (χ2v) is 6.58. The van der Waals surface area contributed by atoms with Crippen LogP contribution in [0.3, 0.4) is 0 Å². The molecule has 5 nitrogen and oxygen atoms in total. The molecule has 0 saturated heterocycles. The maximum atomic E-state index is 12.7. The summed E-state index contributed by atoms with van der Waals surface area (Å²) in [6.45, 7) is 3.21. The Hall–Kier alpha value is -3.99. The largest absolute Gasteiger partial charge is 0.426 e. The van der Waals surface area contributed by atoms with Crippen LogP contribution in [0.1, 0.15) is 38.8 Å². The van der Waals surface area contributed by atoms with Crippen LogP contribution in [-0.4, -0.2) is 17.7 Å². The van der Waals surface area contributed by atoms with E-state index in [9.17, 15) is 14.4 Å². The average molecular weight is 400 g/mol. The van der Waals surface area contributed by atoms with Gasteiger partial charge in [-0.3, -0.25) is 9.59 Å². The number of allylic oxidation sites excluding steroid dienone is 1. The molecule has 30 heavy (non-hydrogen) atoms. The Morgan fingerprint density at radius 2 is 1.40 bits per heavy atom. The van der Waals surface area contributed by atoms with Crippen LogP contribution in [0.25, 0.3) is 6.08 Å². The summed E-state index contributed by atoms with van der Waals surface area (Å²) in [4.78, 5) is 36.3. The van der Waals surface area contributed by atoms with Crippen molar-refractivity contribution in [3.63, 3.8) is 0 Å². The molecule has 3 aromatic carbocycles. The van der Waals surface area contributed by atoms with Crippen molar-refractivity contribution < 1.29 is 23.9 Å². The van der Waals surface area contributed by atoms with Gasteiger partial charge in [0.2, 0.25) is 0 Å². The van der Waals surface area contributed by atoms with Gasteiger partial charge in [-0.1, -0.05) is 60.2 Å². The standard InChI is InChI=1S/C25H20O5/c1-17-11-13-19(14-12-17)22(27)16-15-20-7-3-5-9-23(20)30-25(28)21-8-4-6-10-24(21)29-18(2)26/h3-16H,1-2H3/b16-15+. The maximum Gasteiger partial charge on any atom is 0.347 e. The van der Waals surface area contributed by atoms with Gasteiger partial charge in [-0.15, -0.1) is 0 Å². The zero-order valence-corrected chi connectivity index (χ0v) is 16.6. The highest BCUT2D eigenvalue weighted by Gasteiger charge is 2.17. The van der Waals surface area contributed by atoms with Crippen LogP contribution in [0.15, 0.2) is 78.9 Å². The van der Waals surface area contributed by atoms with Crippen LogP contribution in [0.2, 0.25) is 0 Å². The smallest absolute Gasteiger partial charge is 0.347 e. The first-order valence-electron chi connectivity index (χ1n) is 9.32. The number of ether oxygens (including phenoxy) is 2. The lowest BCUT2D eigenvalue weighted by molar-refractivity contribution is -0.131. The molecule has 0 N–H and O–H groups in total. The van der Waals surface area contributed by atoms with Crippen LogP contribution in [0, 0.1) is 6.92 Å². The van der Waals surface area contributed by atoms with E-state index in [4.69, 9.17) is 9.47 Å². The minimum Gasteiger partial charge on any atom is -0.426 e. The number of esters is 2. The zero-order valence-electron chi connectivity index (χ0n) is 16.6. The molecule has 0 aromatic heterocycles. The van der Waals surface area contributed by atoms with Crippen LogP contribution in [0.4, 0.5) is 0 Å². The Bertz CT molecular complexity index is 1110. The molecular weight excluding hydrogens is 380 g/mol. The fourth-order valence-electron chi connectivity index (χ4n) is 2.72. The number of rotatable bonds is 6. The predicted molar refractivity (Wildman–Crippen MR) is 114 cm³/mol. The fourth-order valence-corrected chi connectivity index (χ4v) is 2.72. The summed E-state index contributed by atoms with van der Waals surface area (Å²) in [6, 6.07) is 20.5. The molecule has 3 aromatic rings. The molecule has 3 rings (SSSR count). The van der Waals surface area contributed by atoms with Gasteiger partial charge in [0.25, 0.3) is 0 Å².